The molecule has 1 saturated heterocycles. The van der Waals surface area contributed by atoms with Gasteiger partial charge in [0.05, 0.1) is 16.4 Å². The highest BCUT2D eigenvalue weighted by molar-refractivity contribution is 9.10. The highest BCUT2D eigenvalue weighted by Gasteiger charge is 2.31. The minimum Gasteiger partial charge on any atom is -0.370 e. The Morgan fingerprint density at radius 2 is 1.75 bits per heavy atom. The van der Waals surface area contributed by atoms with E-state index in [1.807, 2.05) is 10.7 Å². The lowest BCUT2D eigenvalue weighted by Crippen LogP contribution is -2.44. The fourth-order valence-electron chi connectivity index (χ4n) is 6.32. The molecule has 0 spiro atoms. The van der Waals surface area contributed by atoms with E-state index in [4.69, 9.17) is 4.98 Å². The van der Waals surface area contributed by atoms with Crippen LogP contribution in [0.25, 0.3) is 16.9 Å². The predicted molar refractivity (Wildman–Crippen MR) is 149 cm³/mol. The van der Waals surface area contributed by atoms with Gasteiger partial charge in [0.25, 0.3) is 0 Å². The molecule has 1 saturated carbocycles. The van der Waals surface area contributed by atoms with E-state index in [1.165, 1.54) is 62.7 Å². The maximum atomic E-state index is 5.02. The summed E-state index contributed by atoms with van der Waals surface area (Å²) in [5.74, 6) is 2.34. The molecule has 184 valence electrons. The molecule has 4 aromatic rings. The lowest BCUT2D eigenvalue weighted by molar-refractivity contribution is 0.131. The van der Waals surface area contributed by atoms with Crippen LogP contribution in [0, 0.1) is 5.92 Å². The van der Waals surface area contributed by atoms with Gasteiger partial charge in [0, 0.05) is 30.8 Å². The van der Waals surface area contributed by atoms with Crippen LogP contribution in [0.2, 0.25) is 0 Å². The van der Waals surface area contributed by atoms with Crippen molar-refractivity contribution in [3.63, 3.8) is 0 Å². The molecule has 0 radical (unpaired) electrons. The molecule has 3 heterocycles. The standard InChI is InChI=1S/C30H32BrN5/c31-27-18-33-36-29(16-28(34-30(27)36)26-10-4-3-9-25(26)21-11-12-21)32-17-20-6-5-13-35(19-20)24-14-22-7-1-2-8-23(22)15-24/h1-4,7-10,16,18,20-21,24,32H,5-6,11-15,17,19H2. The van der Waals surface area contributed by atoms with Crippen LogP contribution in [0.4, 0.5) is 5.82 Å². The number of benzene rings is 2. The Morgan fingerprint density at radius 3 is 2.56 bits per heavy atom. The van der Waals surface area contributed by atoms with Crippen LogP contribution in [0.15, 0.2) is 65.3 Å². The molecule has 1 atom stereocenters. The van der Waals surface area contributed by atoms with Gasteiger partial charge in [0.1, 0.15) is 5.82 Å². The number of aromatic nitrogens is 3. The second-order valence-electron chi connectivity index (χ2n) is 10.8. The smallest absolute Gasteiger partial charge is 0.172 e. The summed E-state index contributed by atoms with van der Waals surface area (Å²) in [7, 11) is 0. The molecule has 36 heavy (non-hydrogen) atoms. The van der Waals surface area contributed by atoms with Crippen molar-refractivity contribution in [1.29, 1.82) is 0 Å². The molecule has 5 nitrogen and oxygen atoms in total. The number of piperidine rings is 1. The number of hydrogen-bond acceptors (Lipinski definition) is 4. The van der Waals surface area contributed by atoms with E-state index in [9.17, 15) is 0 Å². The minimum atomic E-state index is 0.631. The first kappa shape index (κ1) is 22.5. The molecule has 7 rings (SSSR count). The Bertz CT molecular complexity index is 1380. The SMILES string of the molecule is Brc1cnn2c(NCC3CCCN(C4Cc5ccccc5C4)C3)cc(-c3ccccc3C3CC3)nc12. The van der Waals surface area contributed by atoms with Gasteiger partial charge in [-0.05, 0) is 89.5 Å². The Hall–Kier alpha value is -2.70. The largest absolute Gasteiger partial charge is 0.370 e. The molecular formula is C30H32BrN5. The maximum absolute atomic E-state index is 5.02. The molecule has 2 aliphatic carbocycles. The van der Waals surface area contributed by atoms with Gasteiger partial charge >= 0.3 is 0 Å². The van der Waals surface area contributed by atoms with Crippen molar-refractivity contribution in [2.45, 2.75) is 50.5 Å². The van der Waals surface area contributed by atoms with E-state index in [0.29, 0.717) is 17.9 Å². The minimum absolute atomic E-state index is 0.631. The van der Waals surface area contributed by atoms with Crippen molar-refractivity contribution in [3.05, 3.63) is 82.0 Å². The zero-order chi connectivity index (χ0) is 24.1. The van der Waals surface area contributed by atoms with E-state index < -0.39 is 0 Å². The van der Waals surface area contributed by atoms with Gasteiger partial charge in [-0.2, -0.15) is 9.61 Å². The van der Waals surface area contributed by atoms with E-state index in [0.717, 1.165) is 28.2 Å². The zero-order valence-corrected chi connectivity index (χ0v) is 22.1. The predicted octanol–water partition coefficient (Wildman–Crippen LogP) is 6.33. The second kappa shape index (κ2) is 9.31. The zero-order valence-electron chi connectivity index (χ0n) is 20.5. The van der Waals surface area contributed by atoms with Crippen LogP contribution >= 0.6 is 15.9 Å². The molecule has 1 N–H and O–H groups in total. The van der Waals surface area contributed by atoms with Crippen LogP contribution < -0.4 is 5.32 Å². The Balaban J connectivity index is 1.11. The van der Waals surface area contributed by atoms with Crippen molar-refractivity contribution < 1.29 is 0 Å². The summed E-state index contributed by atoms with van der Waals surface area (Å²) in [4.78, 5) is 7.77. The Kier molecular flexibility index (Phi) is 5.82. The first-order valence-electron chi connectivity index (χ1n) is 13.4. The number of fused-ring (bicyclic) bond motifs is 2. The molecule has 1 aliphatic heterocycles. The van der Waals surface area contributed by atoms with E-state index >= 15 is 0 Å². The summed E-state index contributed by atoms with van der Waals surface area (Å²) in [5.41, 5.74) is 7.67. The van der Waals surface area contributed by atoms with Crippen LogP contribution in [-0.2, 0) is 12.8 Å². The number of nitrogens with one attached hydrogen (secondary N) is 1. The molecule has 2 aromatic heterocycles. The monoisotopic (exact) mass is 541 g/mol. The fraction of sp³-hybridized carbons (Fsp3) is 0.400. The van der Waals surface area contributed by atoms with Crippen molar-refractivity contribution >= 4 is 27.4 Å². The van der Waals surface area contributed by atoms with E-state index in [-0.39, 0.29) is 0 Å². The van der Waals surface area contributed by atoms with Gasteiger partial charge in [-0.1, -0.05) is 48.5 Å². The van der Waals surface area contributed by atoms with Gasteiger partial charge in [0.2, 0.25) is 0 Å². The summed E-state index contributed by atoms with van der Waals surface area (Å²) in [6, 6.07) is 20.6. The van der Waals surface area contributed by atoms with Crippen LogP contribution in [0.1, 0.15) is 48.3 Å². The molecule has 2 aromatic carbocycles. The average Bonchev–Trinajstić information content (AvgIpc) is 3.57. The molecule has 3 aliphatic rings. The highest BCUT2D eigenvalue weighted by Crippen LogP contribution is 2.44. The molecule has 0 bridgehead atoms. The molecule has 6 heteroatoms. The number of halogens is 1. The van der Waals surface area contributed by atoms with Gasteiger partial charge < -0.3 is 5.32 Å². The number of anilines is 1. The molecule has 2 fully saturated rings. The quantitative estimate of drug-likeness (QED) is 0.310. The van der Waals surface area contributed by atoms with Crippen molar-refractivity contribution in [2.24, 2.45) is 5.92 Å². The number of hydrogen-bond donors (Lipinski definition) is 1. The number of likely N-dealkylation sites (tertiary alicyclic amines) is 1. The van der Waals surface area contributed by atoms with E-state index in [2.05, 4.69) is 85.8 Å². The lowest BCUT2D eigenvalue weighted by atomic mass is 9.96. The van der Waals surface area contributed by atoms with E-state index in [1.54, 1.807) is 11.1 Å². The fourth-order valence-corrected chi connectivity index (χ4v) is 6.67. The summed E-state index contributed by atoms with van der Waals surface area (Å²) in [5, 5.41) is 8.41. The molecule has 0 amide bonds. The number of nitrogens with zero attached hydrogens (tertiary/aromatic N) is 4. The lowest BCUT2D eigenvalue weighted by Gasteiger charge is -2.37. The van der Waals surface area contributed by atoms with Gasteiger partial charge in [-0.15, -0.1) is 0 Å². The normalized spacial score (nSPS) is 20.6. The average molecular weight is 543 g/mol. The third kappa shape index (κ3) is 4.24. The summed E-state index contributed by atoms with van der Waals surface area (Å²) in [6.07, 6.45) is 9.37. The van der Waals surface area contributed by atoms with Crippen molar-refractivity contribution in [3.8, 4) is 11.3 Å². The topological polar surface area (TPSA) is 45.5 Å². The van der Waals surface area contributed by atoms with Crippen molar-refractivity contribution in [2.75, 3.05) is 25.0 Å². The summed E-state index contributed by atoms with van der Waals surface area (Å²) >= 11 is 3.67. The Labute approximate surface area is 221 Å². The third-order valence-electron chi connectivity index (χ3n) is 8.35. The molecule has 1 unspecified atom stereocenters. The van der Waals surface area contributed by atoms with Gasteiger partial charge in [-0.3, -0.25) is 4.90 Å². The first-order chi connectivity index (χ1) is 17.7. The summed E-state index contributed by atoms with van der Waals surface area (Å²) in [6.45, 7) is 3.35. The third-order valence-corrected chi connectivity index (χ3v) is 8.91. The Morgan fingerprint density at radius 1 is 0.972 bits per heavy atom. The van der Waals surface area contributed by atoms with Crippen LogP contribution in [0.3, 0.4) is 0 Å². The van der Waals surface area contributed by atoms with Crippen LogP contribution in [0.5, 0.6) is 0 Å². The number of rotatable bonds is 6. The maximum Gasteiger partial charge on any atom is 0.172 e. The van der Waals surface area contributed by atoms with Gasteiger partial charge in [0.15, 0.2) is 5.65 Å². The first-order valence-corrected chi connectivity index (χ1v) is 14.2. The summed E-state index contributed by atoms with van der Waals surface area (Å²) < 4.78 is 2.88. The highest BCUT2D eigenvalue weighted by atomic mass is 79.9. The molecular weight excluding hydrogens is 510 g/mol. The van der Waals surface area contributed by atoms with Crippen molar-refractivity contribution in [1.82, 2.24) is 19.5 Å². The van der Waals surface area contributed by atoms with Gasteiger partial charge in [-0.25, -0.2) is 4.98 Å². The van der Waals surface area contributed by atoms with Crippen LogP contribution in [-0.4, -0.2) is 45.2 Å². The second-order valence-corrected chi connectivity index (χ2v) is 11.7.